The van der Waals surface area contributed by atoms with Gasteiger partial charge in [0, 0.05) is 6.07 Å². The largest absolute Gasteiger partial charge is 0.397 e. The third-order valence-corrected chi connectivity index (χ3v) is 3.27. The van der Waals surface area contributed by atoms with Crippen LogP contribution in [0, 0.1) is 6.92 Å². The Morgan fingerprint density at radius 2 is 2.00 bits per heavy atom. The number of aromatic nitrogens is 2. The van der Waals surface area contributed by atoms with Gasteiger partial charge < -0.3 is 5.73 Å². The molecule has 0 amide bonds. The molecular formula is C12H14ClN5S. The highest BCUT2D eigenvalue weighted by molar-refractivity contribution is 7.98. The zero-order chi connectivity index (χ0) is 14.0. The van der Waals surface area contributed by atoms with Crippen molar-refractivity contribution >= 4 is 40.6 Å². The molecule has 5 nitrogen and oxygen atoms in total. The van der Waals surface area contributed by atoms with Gasteiger partial charge in [0.1, 0.15) is 5.15 Å². The quantitative estimate of drug-likeness (QED) is 0.226. The van der Waals surface area contributed by atoms with Crippen LogP contribution >= 0.6 is 23.4 Å². The summed E-state index contributed by atoms with van der Waals surface area (Å²) in [4.78, 5) is 8.37. The van der Waals surface area contributed by atoms with E-state index < -0.39 is 0 Å². The van der Waals surface area contributed by atoms with E-state index >= 15 is 0 Å². The molecule has 1 aromatic carbocycles. The van der Waals surface area contributed by atoms with Crippen LogP contribution < -0.4 is 16.6 Å². The average Bonchev–Trinajstić information content (AvgIpc) is 2.37. The van der Waals surface area contributed by atoms with Gasteiger partial charge in [-0.25, -0.2) is 15.8 Å². The van der Waals surface area contributed by atoms with E-state index in [1.807, 2.05) is 31.4 Å². The number of nitrogens with two attached hydrogens (primary N) is 2. The zero-order valence-electron chi connectivity index (χ0n) is 10.6. The second-order valence-corrected chi connectivity index (χ2v) is 5.13. The molecule has 0 aliphatic carbocycles. The number of thioether (sulfide) groups is 1. The average molecular weight is 296 g/mol. The SMILES string of the molecule is CSc1nc(Cl)cc(N(N)c2ccc(C)cc2N)n1. The van der Waals surface area contributed by atoms with Gasteiger partial charge in [-0.05, 0) is 30.9 Å². The summed E-state index contributed by atoms with van der Waals surface area (Å²) < 4.78 is 0. The number of hydrazine groups is 1. The number of nitrogens with zero attached hydrogens (tertiary/aromatic N) is 3. The molecular weight excluding hydrogens is 282 g/mol. The number of nitrogen functional groups attached to an aromatic ring is 1. The Hall–Kier alpha value is -1.50. The van der Waals surface area contributed by atoms with Gasteiger partial charge >= 0.3 is 0 Å². The molecule has 0 fully saturated rings. The van der Waals surface area contributed by atoms with Crippen molar-refractivity contribution in [2.75, 3.05) is 17.0 Å². The summed E-state index contributed by atoms with van der Waals surface area (Å²) in [6.07, 6.45) is 1.87. The van der Waals surface area contributed by atoms with Gasteiger partial charge in [0.2, 0.25) is 0 Å². The summed E-state index contributed by atoms with van der Waals surface area (Å²) in [5.74, 6) is 6.55. The van der Waals surface area contributed by atoms with Crippen molar-refractivity contribution in [1.29, 1.82) is 0 Å². The van der Waals surface area contributed by atoms with Crippen LogP contribution in [0.1, 0.15) is 5.56 Å². The number of hydrogen-bond donors (Lipinski definition) is 2. The van der Waals surface area contributed by atoms with E-state index in [-0.39, 0.29) is 0 Å². The Labute approximate surface area is 120 Å². The molecule has 2 rings (SSSR count). The monoisotopic (exact) mass is 295 g/mol. The third-order valence-electron chi connectivity index (χ3n) is 2.53. The maximum absolute atomic E-state index is 6.05. The van der Waals surface area contributed by atoms with E-state index in [1.54, 1.807) is 6.07 Å². The topological polar surface area (TPSA) is 81.1 Å². The van der Waals surface area contributed by atoms with Gasteiger partial charge in [0.05, 0.1) is 11.4 Å². The summed E-state index contributed by atoms with van der Waals surface area (Å²) >= 11 is 7.34. The Kier molecular flexibility index (Phi) is 4.14. The summed E-state index contributed by atoms with van der Waals surface area (Å²) in [7, 11) is 0. The van der Waals surface area contributed by atoms with Crippen LogP contribution in [-0.2, 0) is 0 Å². The summed E-state index contributed by atoms with van der Waals surface area (Å²) in [6, 6.07) is 7.23. The molecule has 100 valence electrons. The van der Waals surface area contributed by atoms with Crippen LogP contribution in [0.2, 0.25) is 5.15 Å². The van der Waals surface area contributed by atoms with E-state index in [4.69, 9.17) is 23.2 Å². The minimum Gasteiger partial charge on any atom is -0.397 e. The van der Waals surface area contributed by atoms with Crippen LogP contribution in [0.25, 0.3) is 0 Å². The maximum Gasteiger partial charge on any atom is 0.190 e. The van der Waals surface area contributed by atoms with Crippen molar-refractivity contribution in [2.45, 2.75) is 12.1 Å². The first-order valence-electron chi connectivity index (χ1n) is 5.51. The van der Waals surface area contributed by atoms with Gasteiger partial charge in [-0.3, -0.25) is 5.01 Å². The fraction of sp³-hybridized carbons (Fsp3) is 0.167. The number of hydrogen-bond acceptors (Lipinski definition) is 6. The molecule has 0 atom stereocenters. The standard InChI is InChI=1S/C12H14ClN5S/c1-7-3-4-9(8(14)5-7)18(15)11-6-10(13)16-12(17-11)19-2/h3-6H,14-15H2,1-2H3. The summed E-state index contributed by atoms with van der Waals surface area (Å²) in [5.41, 5.74) is 8.29. The lowest BCUT2D eigenvalue weighted by Gasteiger charge is -2.20. The van der Waals surface area contributed by atoms with E-state index in [1.165, 1.54) is 16.8 Å². The number of aryl methyl sites for hydroxylation is 1. The van der Waals surface area contributed by atoms with Crippen LogP contribution in [0.3, 0.4) is 0 Å². The van der Waals surface area contributed by atoms with Crippen LogP contribution in [0.4, 0.5) is 17.2 Å². The molecule has 4 N–H and O–H groups in total. The lowest BCUT2D eigenvalue weighted by atomic mass is 10.2. The van der Waals surface area contributed by atoms with E-state index in [2.05, 4.69) is 9.97 Å². The van der Waals surface area contributed by atoms with Crippen molar-refractivity contribution in [3.8, 4) is 0 Å². The molecule has 0 aliphatic rings. The molecule has 0 bridgehead atoms. The van der Waals surface area contributed by atoms with Gasteiger partial charge in [-0.2, -0.15) is 0 Å². The Morgan fingerprint density at radius 1 is 1.26 bits per heavy atom. The number of benzene rings is 1. The van der Waals surface area contributed by atoms with Crippen molar-refractivity contribution in [3.63, 3.8) is 0 Å². The van der Waals surface area contributed by atoms with Gasteiger partial charge in [0.25, 0.3) is 0 Å². The van der Waals surface area contributed by atoms with Gasteiger partial charge in [-0.1, -0.05) is 29.4 Å². The first kappa shape index (κ1) is 13.9. The van der Waals surface area contributed by atoms with E-state index in [9.17, 15) is 0 Å². The first-order chi connectivity index (χ1) is 9.01. The Bertz CT molecular complexity index is 605. The lowest BCUT2D eigenvalue weighted by molar-refractivity contribution is 0.924. The first-order valence-corrected chi connectivity index (χ1v) is 7.11. The van der Waals surface area contributed by atoms with Crippen molar-refractivity contribution in [3.05, 3.63) is 35.0 Å². The van der Waals surface area contributed by atoms with Crippen molar-refractivity contribution < 1.29 is 0 Å². The molecule has 19 heavy (non-hydrogen) atoms. The molecule has 0 saturated heterocycles. The molecule has 0 saturated carbocycles. The fourth-order valence-electron chi connectivity index (χ4n) is 1.62. The summed E-state index contributed by atoms with van der Waals surface area (Å²) in [6.45, 7) is 1.97. The van der Waals surface area contributed by atoms with Crippen LogP contribution in [0.5, 0.6) is 0 Å². The molecule has 0 radical (unpaired) electrons. The Balaban J connectivity index is 2.43. The fourth-order valence-corrected chi connectivity index (χ4v) is 2.22. The number of anilines is 3. The second-order valence-electron chi connectivity index (χ2n) is 3.97. The predicted octanol–water partition coefficient (Wildman–Crippen LogP) is 2.75. The van der Waals surface area contributed by atoms with Gasteiger partial charge in [-0.15, -0.1) is 0 Å². The minimum atomic E-state index is 0.343. The highest BCUT2D eigenvalue weighted by Gasteiger charge is 2.12. The second kappa shape index (κ2) is 5.64. The minimum absolute atomic E-state index is 0.343. The van der Waals surface area contributed by atoms with E-state index in [0.29, 0.717) is 27.5 Å². The summed E-state index contributed by atoms with van der Waals surface area (Å²) in [5, 5.41) is 2.31. The van der Waals surface area contributed by atoms with Crippen molar-refractivity contribution in [1.82, 2.24) is 9.97 Å². The molecule has 0 spiro atoms. The smallest absolute Gasteiger partial charge is 0.190 e. The highest BCUT2D eigenvalue weighted by Crippen LogP contribution is 2.29. The maximum atomic E-state index is 6.05. The lowest BCUT2D eigenvalue weighted by Crippen LogP contribution is -2.27. The molecule has 0 unspecified atom stereocenters. The van der Waals surface area contributed by atoms with Crippen LogP contribution in [-0.4, -0.2) is 16.2 Å². The number of rotatable bonds is 3. The molecule has 2 aromatic rings. The van der Waals surface area contributed by atoms with E-state index in [0.717, 1.165) is 5.56 Å². The third kappa shape index (κ3) is 3.09. The highest BCUT2D eigenvalue weighted by atomic mass is 35.5. The molecule has 1 aromatic heterocycles. The van der Waals surface area contributed by atoms with Gasteiger partial charge in [0.15, 0.2) is 11.0 Å². The predicted molar refractivity (Wildman–Crippen MR) is 80.7 cm³/mol. The molecule has 0 aliphatic heterocycles. The number of halogens is 1. The van der Waals surface area contributed by atoms with Crippen molar-refractivity contribution in [2.24, 2.45) is 5.84 Å². The zero-order valence-corrected chi connectivity index (χ0v) is 12.2. The Morgan fingerprint density at radius 3 is 2.63 bits per heavy atom. The normalized spacial score (nSPS) is 10.5. The molecule has 1 heterocycles. The van der Waals surface area contributed by atoms with Crippen LogP contribution in [0.15, 0.2) is 29.4 Å². The molecule has 7 heteroatoms.